The molecule has 1 saturated heterocycles. The lowest BCUT2D eigenvalue weighted by atomic mass is 9.99. The van der Waals surface area contributed by atoms with Gasteiger partial charge in [0.25, 0.3) is 5.91 Å². The molecule has 0 aliphatic carbocycles. The Balaban J connectivity index is 0.889. The Morgan fingerprint density at radius 2 is 1.31 bits per heavy atom. The van der Waals surface area contributed by atoms with Gasteiger partial charge in [0.2, 0.25) is 12.2 Å². The molecule has 0 radical (unpaired) electrons. The molecule has 10 heteroatoms. The first-order valence-electron chi connectivity index (χ1n) is 16.9. The zero-order valence-electron chi connectivity index (χ0n) is 27.1. The second kappa shape index (κ2) is 17.4. The maximum Gasteiger partial charge on any atom is 0.251 e. The van der Waals surface area contributed by atoms with Crippen LogP contribution in [0.1, 0.15) is 68.1 Å². The molecule has 48 heavy (non-hydrogen) atoms. The lowest BCUT2D eigenvalue weighted by Crippen LogP contribution is -2.60. The summed E-state index contributed by atoms with van der Waals surface area (Å²) in [6.45, 7) is 0.127. The fourth-order valence-electron chi connectivity index (χ4n) is 6.00. The van der Waals surface area contributed by atoms with Crippen LogP contribution in [0, 0.1) is 0 Å². The van der Waals surface area contributed by atoms with Gasteiger partial charge in [-0.05, 0) is 82.9 Å². The predicted molar refractivity (Wildman–Crippen MR) is 185 cm³/mol. The van der Waals surface area contributed by atoms with E-state index in [1.165, 1.54) is 10.8 Å². The number of unbranched alkanes of at least 4 members (excludes halogenated alkanes) is 7. The number of rotatable bonds is 16. The number of anilines is 1. The lowest BCUT2D eigenvalue weighted by molar-refractivity contribution is -0.277. The number of amides is 2. The van der Waals surface area contributed by atoms with Gasteiger partial charge >= 0.3 is 0 Å². The maximum atomic E-state index is 12.7. The zero-order chi connectivity index (χ0) is 33.9. The van der Waals surface area contributed by atoms with Crippen LogP contribution in [0.5, 0.6) is 5.75 Å². The largest absolute Gasteiger partial charge is 0.462 e. The molecule has 0 spiro atoms. The number of hydrogen-bond donors (Lipinski definition) is 6. The summed E-state index contributed by atoms with van der Waals surface area (Å²) in [6, 6.07) is 24.9. The van der Waals surface area contributed by atoms with Crippen LogP contribution in [0.3, 0.4) is 0 Å². The minimum Gasteiger partial charge on any atom is -0.462 e. The molecule has 0 aromatic heterocycles. The third-order valence-electron chi connectivity index (χ3n) is 8.82. The van der Waals surface area contributed by atoms with Crippen molar-refractivity contribution in [3.05, 3.63) is 84.4 Å². The standard InChI is InChI=1S/C38H46N2O8/c41-24-32-34(43)35(44)36(45)38(48-32)47-31-18-16-30(17-19-31)40-33(42)13-7-5-3-1-2-4-6-10-20-39-37(46)28-15-14-27-21-25-11-8-9-12-26(25)22-29(27)23-28/h8-9,11-12,14-19,21-23,32,34-36,38,41,43-45H,1-7,10,13,20,24H2,(H,39,46)(H,40,42)/t32-,34+,35+,36-,38-/m1/s1. The monoisotopic (exact) mass is 658 g/mol. The van der Waals surface area contributed by atoms with Crippen molar-refractivity contribution in [3.63, 3.8) is 0 Å². The highest BCUT2D eigenvalue weighted by Crippen LogP contribution is 2.26. The quantitative estimate of drug-likeness (QED) is 0.0721. The molecular formula is C38H46N2O8. The summed E-state index contributed by atoms with van der Waals surface area (Å²) >= 11 is 0. The summed E-state index contributed by atoms with van der Waals surface area (Å²) in [6.07, 6.45) is 1.90. The second-order valence-corrected chi connectivity index (χ2v) is 12.5. The van der Waals surface area contributed by atoms with Crippen molar-refractivity contribution in [2.45, 2.75) is 88.5 Å². The van der Waals surface area contributed by atoms with Gasteiger partial charge in [0.15, 0.2) is 0 Å². The Labute approximate surface area is 280 Å². The number of carbonyl (C=O) groups is 2. The zero-order valence-corrected chi connectivity index (χ0v) is 27.1. The maximum absolute atomic E-state index is 12.7. The molecular weight excluding hydrogens is 612 g/mol. The number of ether oxygens (including phenoxy) is 2. The molecule has 5 rings (SSSR count). The van der Waals surface area contributed by atoms with E-state index in [-0.39, 0.29) is 11.8 Å². The summed E-state index contributed by atoms with van der Waals surface area (Å²) in [5, 5.41) is 49.7. The third-order valence-corrected chi connectivity index (χ3v) is 8.82. The van der Waals surface area contributed by atoms with Gasteiger partial charge in [-0.3, -0.25) is 9.59 Å². The minimum absolute atomic E-state index is 0.0352. The average Bonchev–Trinajstić information content (AvgIpc) is 3.10. The molecule has 6 N–H and O–H groups in total. The van der Waals surface area contributed by atoms with E-state index in [1.807, 2.05) is 30.3 Å². The Morgan fingerprint density at radius 1 is 0.688 bits per heavy atom. The van der Waals surface area contributed by atoms with Crippen molar-refractivity contribution in [2.75, 3.05) is 18.5 Å². The Hall–Kier alpha value is -4.06. The van der Waals surface area contributed by atoms with Crippen molar-refractivity contribution in [1.29, 1.82) is 0 Å². The van der Waals surface area contributed by atoms with Crippen LogP contribution in [-0.4, -0.2) is 76.1 Å². The normalized spacial score (nSPS) is 20.9. The molecule has 2 amide bonds. The van der Waals surface area contributed by atoms with Crippen molar-refractivity contribution in [2.24, 2.45) is 0 Å². The molecule has 1 heterocycles. The molecule has 1 fully saturated rings. The lowest BCUT2D eigenvalue weighted by Gasteiger charge is -2.39. The number of nitrogens with one attached hydrogen (secondary N) is 2. The van der Waals surface area contributed by atoms with E-state index in [0.29, 0.717) is 30.0 Å². The summed E-state index contributed by atoms with van der Waals surface area (Å²) < 4.78 is 10.9. The fraction of sp³-hybridized carbons (Fsp3) is 0.421. The van der Waals surface area contributed by atoms with E-state index in [2.05, 4.69) is 34.9 Å². The smallest absolute Gasteiger partial charge is 0.251 e. The molecule has 5 atom stereocenters. The predicted octanol–water partition coefficient (Wildman–Crippen LogP) is 5.05. The summed E-state index contributed by atoms with van der Waals surface area (Å²) in [5.74, 6) is 0.223. The van der Waals surface area contributed by atoms with E-state index in [0.717, 1.165) is 62.1 Å². The van der Waals surface area contributed by atoms with Crippen molar-refractivity contribution >= 4 is 39.0 Å². The molecule has 0 unspecified atom stereocenters. The van der Waals surface area contributed by atoms with Crippen LogP contribution in [0.25, 0.3) is 21.5 Å². The molecule has 4 aromatic rings. The van der Waals surface area contributed by atoms with Gasteiger partial charge in [0.05, 0.1) is 6.61 Å². The van der Waals surface area contributed by atoms with Crippen molar-refractivity contribution < 1.29 is 39.5 Å². The first kappa shape index (κ1) is 35.3. The highest BCUT2D eigenvalue weighted by atomic mass is 16.7. The van der Waals surface area contributed by atoms with Crippen LogP contribution >= 0.6 is 0 Å². The molecule has 0 bridgehead atoms. The average molecular weight is 659 g/mol. The van der Waals surface area contributed by atoms with E-state index in [1.54, 1.807) is 24.3 Å². The Morgan fingerprint density at radius 3 is 2.00 bits per heavy atom. The molecule has 4 aromatic carbocycles. The van der Waals surface area contributed by atoms with Gasteiger partial charge in [-0.1, -0.05) is 68.9 Å². The fourth-order valence-corrected chi connectivity index (χ4v) is 6.00. The third kappa shape index (κ3) is 9.52. The van der Waals surface area contributed by atoms with Gasteiger partial charge in [-0.2, -0.15) is 0 Å². The number of aliphatic hydroxyl groups is 4. The van der Waals surface area contributed by atoms with Gasteiger partial charge in [0, 0.05) is 24.2 Å². The van der Waals surface area contributed by atoms with Crippen LogP contribution in [0.15, 0.2) is 78.9 Å². The summed E-state index contributed by atoms with van der Waals surface area (Å²) in [5.41, 5.74) is 1.28. The van der Waals surface area contributed by atoms with Crippen molar-refractivity contribution in [3.8, 4) is 5.75 Å². The SMILES string of the molecule is O=C(CCCCCCCCCCNC(=O)c1ccc2cc3ccccc3cc2c1)Nc1ccc(O[C@@H]2O[C@H](CO)[C@H](O)[C@H](O)[C@H]2O)cc1. The summed E-state index contributed by atoms with van der Waals surface area (Å²) in [7, 11) is 0. The molecule has 256 valence electrons. The van der Waals surface area contributed by atoms with Crippen LogP contribution in [0.4, 0.5) is 5.69 Å². The van der Waals surface area contributed by atoms with E-state index < -0.39 is 37.3 Å². The van der Waals surface area contributed by atoms with Crippen LogP contribution in [0.2, 0.25) is 0 Å². The number of hydrogen-bond acceptors (Lipinski definition) is 8. The van der Waals surface area contributed by atoms with E-state index >= 15 is 0 Å². The van der Waals surface area contributed by atoms with Crippen molar-refractivity contribution in [1.82, 2.24) is 5.32 Å². The number of aliphatic hydroxyl groups excluding tert-OH is 4. The molecule has 0 saturated carbocycles. The number of carbonyl (C=O) groups excluding carboxylic acids is 2. The van der Waals surface area contributed by atoms with E-state index in [9.17, 15) is 30.0 Å². The number of benzene rings is 4. The highest BCUT2D eigenvalue weighted by molar-refractivity contribution is 6.03. The second-order valence-electron chi connectivity index (χ2n) is 12.5. The molecule has 1 aliphatic heterocycles. The van der Waals surface area contributed by atoms with Gasteiger partial charge in [-0.25, -0.2) is 0 Å². The minimum atomic E-state index is -1.52. The van der Waals surface area contributed by atoms with Gasteiger partial charge < -0.3 is 40.5 Å². The van der Waals surface area contributed by atoms with Crippen LogP contribution < -0.4 is 15.4 Å². The Kier molecular flexibility index (Phi) is 12.8. The Bertz CT molecular complexity index is 1640. The van der Waals surface area contributed by atoms with Gasteiger partial charge in [0.1, 0.15) is 30.2 Å². The first-order valence-corrected chi connectivity index (χ1v) is 16.9. The first-order chi connectivity index (χ1) is 23.3. The highest BCUT2D eigenvalue weighted by Gasteiger charge is 2.44. The number of fused-ring (bicyclic) bond motifs is 2. The van der Waals surface area contributed by atoms with Gasteiger partial charge in [-0.15, -0.1) is 0 Å². The topological polar surface area (TPSA) is 158 Å². The molecule has 10 nitrogen and oxygen atoms in total. The van der Waals surface area contributed by atoms with Crippen LogP contribution in [-0.2, 0) is 9.53 Å². The van der Waals surface area contributed by atoms with E-state index in [4.69, 9.17) is 9.47 Å². The summed E-state index contributed by atoms with van der Waals surface area (Å²) in [4.78, 5) is 25.1. The molecule has 1 aliphatic rings.